The highest BCUT2D eigenvalue weighted by atomic mass is 32.1. The number of carbonyl (C=O) groups excluding carboxylic acids is 1. The zero-order chi connectivity index (χ0) is 19.7. The molecule has 3 aromatic rings. The van der Waals surface area contributed by atoms with Crippen LogP contribution >= 0.6 is 11.3 Å². The van der Waals surface area contributed by atoms with Gasteiger partial charge in [0.2, 0.25) is 5.91 Å². The molecule has 2 aromatic carbocycles. The number of nitrogens with zero attached hydrogens (tertiary/aromatic N) is 2. The molecule has 1 aliphatic rings. The summed E-state index contributed by atoms with van der Waals surface area (Å²) in [5.41, 5.74) is 5.63. The lowest BCUT2D eigenvalue weighted by atomic mass is 10.0. The molecule has 1 aliphatic heterocycles. The number of benzene rings is 2. The fourth-order valence-corrected chi connectivity index (χ4v) is 4.72. The van der Waals surface area contributed by atoms with Gasteiger partial charge in [-0.05, 0) is 61.9 Å². The van der Waals surface area contributed by atoms with Gasteiger partial charge < -0.3 is 4.74 Å². The maximum absolute atomic E-state index is 13.3. The Hall–Kier alpha value is -2.24. The van der Waals surface area contributed by atoms with Crippen LogP contribution in [0.5, 0.6) is 0 Å². The molecule has 28 heavy (non-hydrogen) atoms. The third-order valence-corrected chi connectivity index (χ3v) is 6.52. The predicted octanol–water partition coefficient (Wildman–Crippen LogP) is 4.98. The number of aryl methyl sites for hydroxylation is 3. The number of hydrogen-bond acceptors (Lipinski definition) is 4. The molecule has 0 radical (unpaired) electrons. The third-order valence-electron chi connectivity index (χ3n) is 5.48. The molecule has 0 N–H and O–H groups in total. The summed E-state index contributed by atoms with van der Waals surface area (Å²) in [7, 11) is 0. The minimum Gasteiger partial charge on any atom is -0.376 e. The summed E-state index contributed by atoms with van der Waals surface area (Å²) in [6, 6.07) is 12.4. The number of thiazole rings is 1. The molecule has 146 valence electrons. The van der Waals surface area contributed by atoms with Crippen LogP contribution in [0.25, 0.3) is 10.2 Å². The van der Waals surface area contributed by atoms with E-state index in [0.717, 1.165) is 45.9 Å². The minimum absolute atomic E-state index is 0.0791. The van der Waals surface area contributed by atoms with Crippen molar-refractivity contribution >= 4 is 32.6 Å². The molecule has 0 aliphatic carbocycles. The number of amides is 1. The van der Waals surface area contributed by atoms with E-state index in [1.165, 1.54) is 11.1 Å². The number of fused-ring (bicyclic) bond motifs is 1. The molecule has 0 spiro atoms. The fraction of sp³-hybridized carbons (Fsp3) is 0.391. The first-order valence-corrected chi connectivity index (χ1v) is 10.7. The van der Waals surface area contributed by atoms with Gasteiger partial charge >= 0.3 is 0 Å². The van der Waals surface area contributed by atoms with Gasteiger partial charge in [-0.25, -0.2) is 4.98 Å². The van der Waals surface area contributed by atoms with Gasteiger partial charge in [0, 0.05) is 6.61 Å². The van der Waals surface area contributed by atoms with Crippen molar-refractivity contribution in [3.05, 3.63) is 58.7 Å². The normalized spacial score (nSPS) is 16.6. The number of para-hydroxylation sites is 1. The molecule has 1 unspecified atom stereocenters. The maximum atomic E-state index is 13.3. The average Bonchev–Trinajstić information content (AvgIpc) is 3.32. The van der Waals surface area contributed by atoms with Crippen molar-refractivity contribution in [3.63, 3.8) is 0 Å². The first-order chi connectivity index (χ1) is 13.5. The predicted molar refractivity (Wildman–Crippen MR) is 115 cm³/mol. The van der Waals surface area contributed by atoms with Crippen molar-refractivity contribution in [2.75, 3.05) is 18.1 Å². The van der Waals surface area contributed by atoms with E-state index in [9.17, 15) is 4.79 Å². The molecule has 1 aromatic heterocycles. The van der Waals surface area contributed by atoms with E-state index in [1.54, 1.807) is 11.3 Å². The quantitative estimate of drug-likeness (QED) is 0.613. The molecule has 1 amide bonds. The van der Waals surface area contributed by atoms with Crippen LogP contribution in [0.2, 0.25) is 0 Å². The Labute approximate surface area is 170 Å². The molecule has 2 heterocycles. The zero-order valence-electron chi connectivity index (χ0n) is 16.7. The van der Waals surface area contributed by atoms with E-state index in [4.69, 9.17) is 9.72 Å². The van der Waals surface area contributed by atoms with Crippen molar-refractivity contribution in [3.8, 4) is 0 Å². The number of anilines is 1. The van der Waals surface area contributed by atoms with Crippen LogP contribution in [-0.2, 0) is 16.0 Å². The number of aromatic nitrogens is 1. The second-order valence-corrected chi connectivity index (χ2v) is 8.66. The monoisotopic (exact) mass is 394 g/mol. The van der Waals surface area contributed by atoms with Crippen LogP contribution in [0, 0.1) is 20.8 Å². The number of carbonyl (C=O) groups is 1. The first-order valence-electron chi connectivity index (χ1n) is 9.85. The van der Waals surface area contributed by atoms with Crippen molar-refractivity contribution in [2.45, 2.75) is 46.1 Å². The van der Waals surface area contributed by atoms with Crippen LogP contribution in [0.4, 0.5) is 5.13 Å². The molecule has 4 rings (SSSR count). The highest BCUT2D eigenvalue weighted by molar-refractivity contribution is 7.22. The Morgan fingerprint density at radius 1 is 1.18 bits per heavy atom. The molecule has 0 bridgehead atoms. The van der Waals surface area contributed by atoms with Gasteiger partial charge in [-0.3, -0.25) is 9.69 Å². The van der Waals surface area contributed by atoms with Crippen LogP contribution in [0.3, 0.4) is 0 Å². The van der Waals surface area contributed by atoms with Crippen molar-refractivity contribution in [2.24, 2.45) is 0 Å². The molecule has 1 atom stereocenters. The second kappa shape index (κ2) is 8.02. The number of ether oxygens (including phenoxy) is 1. The summed E-state index contributed by atoms with van der Waals surface area (Å²) in [6.45, 7) is 7.59. The lowest BCUT2D eigenvalue weighted by Crippen LogP contribution is -2.38. The zero-order valence-corrected chi connectivity index (χ0v) is 17.5. The van der Waals surface area contributed by atoms with Crippen LogP contribution < -0.4 is 4.90 Å². The van der Waals surface area contributed by atoms with Crippen LogP contribution in [0.15, 0.2) is 36.4 Å². The number of rotatable bonds is 5. The van der Waals surface area contributed by atoms with E-state index in [2.05, 4.69) is 45.0 Å². The van der Waals surface area contributed by atoms with Crippen LogP contribution in [0.1, 0.15) is 35.1 Å². The SMILES string of the molecule is Cc1ccc(CC(=O)N(CC2CCCO2)c2nc3c(C)cccc3s2)cc1C. The van der Waals surface area contributed by atoms with Gasteiger partial charge in [0.1, 0.15) is 0 Å². The van der Waals surface area contributed by atoms with Crippen molar-refractivity contribution in [1.29, 1.82) is 0 Å². The summed E-state index contributed by atoms with van der Waals surface area (Å²) in [5.74, 6) is 0.0791. The highest BCUT2D eigenvalue weighted by Crippen LogP contribution is 2.32. The molecular weight excluding hydrogens is 368 g/mol. The summed E-state index contributed by atoms with van der Waals surface area (Å²) in [6.07, 6.45) is 2.53. The van der Waals surface area contributed by atoms with E-state index in [0.29, 0.717) is 13.0 Å². The molecule has 1 fully saturated rings. The Kier molecular flexibility index (Phi) is 5.47. The Morgan fingerprint density at radius 3 is 2.75 bits per heavy atom. The van der Waals surface area contributed by atoms with E-state index in [-0.39, 0.29) is 12.0 Å². The third kappa shape index (κ3) is 3.96. The first kappa shape index (κ1) is 19.1. The second-order valence-electron chi connectivity index (χ2n) is 7.65. The summed E-state index contributed by atoms with van der Waals surface area (Å²) >= 11 is 1.59. The summed E-state index contributed by atoms with van der Waals surface area (Å²) in [4.78, 5) is 20.0. The summed E-state index contributed by atoms with van der Waals surface area (Å²) < 4.78 is 6.94. The number of hydrogen-bond donors (Lipinski definition) is 0. The van der Waals surface area contributed by atoms with Gasteiger partial charge in [0.25, 0.3) is 0 Å². The lowest BCUT2D eigenvalue weighted by molar-refractivity contribution is -0.118. The smallest absolute Gasteiger partial charge is 0.233 e. The van der Waals surface area contributed by atoms with Gasteiger partial charge in [0.15, 0.2) is 5.13 Å². The molecule has 5 heteroatoms. The maximum Gasteiger partial charge on any atom is 0.233 e. The van der Waals surface area contributed by atoms with Crippen molar-refractivity contribution in [1.82, 2.24) is 4.98 Å². The Balaban J connectivity index is 1.64. The molecular formula is C23H26N2O2S. The van der Waals surface area contributed by atoms with E-state index in [1.807, 2.05) is 17.0 Å². The molecule has 0 saturated carbocycles. The van der Waals surface area contributed by atoms with E-state index < -0.39 is 0 Å². The highest BCUT2D eigenvalue weighted by Gasteiger charge is 2.26. The molecule has 4 nitrogen and oxygen atoms in total. The van der Waals surface area contributed by atoms with Gasteiger partial charge in [-0.2, -0.15) is 0 Å². The van der Waals surface area contributed by atoms with Crippen LogP contribution in [-0.4, -0.2) is 30.1 Å². The summed E-state index contributed by atoms with van der Waals surface area (Å²) in [5, 5.41) is 0.772. The molecule has 1 saturated heterocycles. The largest absolute Gasteiger partial charge is 0.376 e. The van der Waals surface area contributed by atoms with Gasteiger partial charge in [-0.15, -0.1) is 0 Å². The average molecular weight is 395 g/mol. The van der Waals surface area contributed by atoms with Gasteiger partial charge in [-0.1, -0.05) is 41.7 Å². The minimum atomic E-state index is 0.0791. The standard InChI is InChI=1S/C23H26N2O2S/c1-15-9-10-18(12-17(15)3)13-21(26)25(14-19-7-5-11-27-19)23-24-22-16(2)6-4-8-20(22)28-23/h4,6,8-10,12,19H,5,7,11,13-14H2,1-3H3. The Morgan fingerprint density at radius 2 is 2.04 bits per heavy atom. The fourth-order valence-electron chi connectivity index (χ4n) is 3.65. The van der Waals surface area contributed by atoms with Crippen molar-refractivity contribution < 1.29 is 9.53 Å². The Bertz CT molecular complexity index is 1010. The topological polar surface area (TPSA) is 42.4 Å². The van der Waals surface area contributed by atoms with Gasteiger partial charge in [0.05, 0.1) is 29.3 Å². The van der Waals surface area contributed by atoms with E-state index >= 15 is 0 Å². The lowest BCUT2D eigenvalue weighted by Gasteiger charge is -2.23.